The Morgan fingerprint density at radius 3 is 2.79 bits per heavy atom. The van der Waals surface area contributed by atoms with E-state index in [1.807, 2.05) is 6.07 Å². The minimum absolute atomic E-state index is 0.0697. The summed E-state index contributed by atoms with van der Waals surface area (Å²) >= 11 is 1.71. The van der Waals surface area contributed by atoms with Crippen LogP contribution in [0.2, 0.25) is 0 Å². The maximum atomic E-state index is 12.2. The van der Waals surface area contributed by atoms with Gasteiger partial charge in [-0.05, 0) is 55.1 Å². The van der Waals surface area contributed by atoms with Gasteiger partial charge in [0.1, 0.15) is 5.75 Å². The number of carbonyl (C=O) groups is 1. The summed E-state index contributed by atoms with van der Waals surface area (Å²) in [5.74, 6) is -0.0405. The molecule has 0 radical (unpaired) electrons. The van der Waals surface area contributed by atoms with E-state index in [0.717, 1.165) is 19.4 Å². The van der Waals surface area contributed by atoms with E-state index in [-0.39, 0.29) is 11.7 Å². The number of hydrogen-bond donors (Lipinski definition) is 1. The Balaban J connectivity index is 1.55. The first-order valence-electron chi connectivity index (χ1n) is 7.74. The molecule has 1 fully saturated rings. The number of halogens is 2. The third-order valence-electron chi connectivity index (χ3n) is 3.95. The second kappa shape index (κ2) is 7.72. The van der Waals surface area contributed by atoms with Gasteiger partial charge >= 0.3 is 6.61 Å². The van der Waals surface area contributed by atoms with Crippen LogP contribution in [0.15, 0.2) is 41.8 Å². The van der Waals surface area contributed by atoms with E-state index in [4.69, 9.17) is 0 Å². The molecule has 1 aromatic carbocycles. The molecule has 0 unspecified atom stereocenters. The Bertz CT molecular complexity index is 662. The van der Waals surface area contributed by atoms with Crippen molar-refractivity contribution < 1.29 is 18.3 Å². The second-order valence-electron chi connectivity index (χ2n) is 5.59. The minimum Gasteiger partial charge on any atom is -0.435 e. The number of thiophene rings is 1. The fourth-order valence-corrected chi connectivity index (χ4v) is 3.82. The van der Waals surface area contributed by atoms with Crippen LogP contribution < -0.4 is 10.1 Å². The van der Waals surface area contributed by atoms with Crippen LogP contribution in [0, 0.1) is 0 Å². The lowest BCUT2D eigenvalue weighted by Crippen LogP contribution is -2.32. The van der Waals surface area contributed by atoms with Gasteiger partial charge < -0.3 is 10.1 Å². The summed E-state index contributed by atoms with van der Waals surface area (Å²) in [5.41, 5.74) is 0.563. The van der Waals surface area contributed by atoms with Gasteiger partial charge in [0.15, 0.2) is 0 Å². The summed E-state index contributed by atoms with van der Waals surface area (Å²) in [6.07, 6.45) is 2.14. The predicted molar refractivity (Wildman–Crippen MR) is 89.6 cm³/mol. The Kier molecular flexibility index (Phi) is 5.42. The van der Waals surface area contributed by atoms with Gasteiger partial charge in [-0.25, -0.2) is 0 Å². The van der Waals surface area contributed by atoms with Gasteiger partial charge in [-0.3, -0.25) is 9.69 Å². The molecule has 2 heterocycles. The number of alkyl halides is 2. The van der Waals surface area contributed by atoms with Crippen molar-refractivity contribution in [1.29, 1.82) is 0 Å². The van der Waals surface area contributed by atoms with Gasteiger partial charge in [0.05, 0.1) is 6.54 Å². The lowest BCUT2D eigenvalue weighted by Gasteiger charge is -2.22. The van der Waals surface area contributed by atoms with Crippen LogP contribution in [0.4, 0.5) is 14.5 Å². The SMILES string of the molecule is O=C(CN1CCC[C@@H]1c1cccs1)Nc1ccc(OC(F)F)cc1. The summed E-state index contributed by atoms with van der Waals surface area (Å²) in [7, 11) is 0. The van der Waals surface area contributed by atoms with E-state index in [1.54, 1.807) is 23.5 Å². The molecule has 0 bridgehead atoms. The standard InChI is InChI=1S/C17H18F2N2O2S/c18-17(19)23-13-7-5-12(6-8-13)20-16(22)11-21-9-1-3-14(21)15-4-2-10-24-15/h2,4-8,10,14,17H,1,3,9,11H2,(H,20,22)/t14-/m1/s1. The Hall–Kier alpha value is -1.99. The zero-order chi connectivity index (χ0) is 16.9. The van der Waals surface area contributed by atoms with Crippen molar-refractivity contribution in [2.24, 2.45) is 0 Å². The van der Waals surface area contributed by atoms with Crippen molar-refractivity contribution in [3.8, 4) is 5.75 Å². The van der Waals surface area contributed by atoms with E-state index < -0.39 is 6.61 Å². The van der Waals surface area contributed by atoms with Crippen molar-refractivity contribution >= 4 is 22.9 Å². The van der Waals surface area contributed by atoms with Crippen LogP contribution in [0.3, 0.4) is 0 Å². The normalized spacial score (nSPS) is 18.0. The quantitative estimate of drug-likeness (QED) is 0.850. The summed E-state index contributed by atoms with van der Waals surface area (Å²) < 4.78 is 28.5. The van der Waals surface area contributed by atoms with Crippen LogP contribution in [-0.2, 0) is 4.79 Å². The molecule has 1 aliphatic heterocycles. The number of anilines is 1. The van der Waals surface area contributed by atoms with Gasteiger partial charge in [-0.1, -0.05) is 6.07 Å². The molecule has 0 saturated carbocycles. The minimum atomic E-state index is -2.85. The van der Waals surface area contributed by atoms with Crippen LogP contribution in [0.1, 0.15) is 23.8 Å². The first-order chi connectivity index (χ1) is 11.6. The predicted octanol–water partition coefficient (Wildman–Crippen LogP) is 4.13. The first-order valence-corrected chi connectivity index (χ1v) is 8.62. The van der Waals surface area contributed by atoms with E-state index >= 15 is 0 Å². The highest BCUT2D eigenvalue weighted by Gasteiger charge is 2.28. The van der Waals surface area contributed by atoms with Gasteiger partial charge in [0.2, 0.25) is 5.91 Å². The van der Waals surface area contributed by atoms with E-state index in [9.17, 15) is 13.6 Å². The highest BCUT2D eigenvalue weighted by molar-refractivity contribution is 7.10. The molecular formula is C17H18F2N2O2S. The topological polar surface area (TPSA) is 41.6 Å². The average Bonchev–Trinajstić information content (AvgIpc) is 3.19. The van der Waals surface area contributed by atoms with Gasteiger partial charge in [0, 0.05) is 16.6 Å². The molecule has 1 N–H and O–H groups in total. The third kappa shape index (κ3) is 4.30. The van der Waals surface area contributed by atoms with E-state index in [2.05, 4.69) is 26.4 Å². The smallest absolute Gasteiger partial charge is 0.387 e. The molecule has 1 aliphatic rings. The molecule has 3 rings (SSSR count). The molecule has 1 saturated heterocycles. The third-order valence-corrected chi connectivity index (χ3v) is 4.92. The summed E-state index contributed by atoms with van der Waals surface area (Å²) in [5, 5.41) is 4.85. The van der Waals surface area contributed by atoms with E-state index in [1.165, 1.54) is 17.0 Å². The molecule has 2 aromatic rings. The molecular weight excluding hydrogens is 334 g/mol. The molecule has 0 spiro atoms. The largest absolute Gasteiger partial charge is 0.435 e. The Morgan fingerprint density at radius 2 is 2.12 bits per heavy atom. The first kappa shape index (κ1) is 16.9. The van der Waals surface area contributed by atoms with E-state index in [0.29, 0.717) is 18.3 Å². The highest BCUT2D eigenvalue weighted by Crippen LogP contribution is 2.34. The molecule has 1 atom stereocenters. The maximum absolute atomic E-state index is 12.2. The lowest BCUT2D eigenvalue weighted by molar-refractivity contribution is -0.117. The monoisotopic (exact) mass is 352 g/mol. The number of hydrogen-bond acceptors (Lipinski definition) is 4. The van der Waals surface area contributed by atoms with Crippen LogP contribution >= 0.6 is 11.3 Å². The van der Waals surface area contributed by atoms with Crippen molar-refractivity contribution in [3.05, 3.63) is 46.7 Å². The molecule has 1 aromatic heterocycles. The van der Waals surface area contributed by atoms with Crippen molar-refractivity contribution in [2.75, 3.05) is 18.4 Å². The number of likely N-dealkylation sites (tertiary alicyclic amines) is 1. The number of ether oxygens (including phenoxy) is 1. The number of carbonyl (C=O) groups excluding carboxylic acids is 1. The molecule has 128 valence electrons. The molecule has 7 heteroatoms. The van der Waals surface area contributed by atoms with Gasteiger partial charge in [-0.2, -0.15) is 8.78 Å². The van der Waals surface area contributed by atoms with Crippen LogP contribution in [0.5, 0.6) is 5.75 Å². The molecule has 4 nitrogen and oxygen atoms in total. The fraction of sp³-hybridized carbons (Fsp3) is 0.353. The zero-order valence-corrected chi connectivity index (χ0v) is 13.8. The number of nitrogens with zero attached hydrogens (tertiary/aromatic N) is 1. The number of nitrogens with one attached hydrogen (secondary N) is 1. The van der Waals surface area contributed by atoms with Crippen molar-refractivity contribution in [3.63, 3.8) is 0 Å². The highest BCUT2D eigenvalue weighted by atomic mass is 32.1. The van der Waals surface area contributed by atoms with Gasteiger partial charge in [-0.15, -0.1) is 11.3 Å². The zero-order valence-electron chi connectivity index (χ0n) is 13.0. The summed E-state index contributed by atoms with van der Waals surface area (Å²) in [4.78, 5) is 15.7. The molecule has 1 amide bonds. The fourth-order valence-electron chi connectivity index (χ4n) is 2.92. The van der Waals surface area contributed by atoms with Crippen LogP contribution in [-0.4, -0.2) is 30.5 Å². The second-order valence-corrected chi connectivity index (χ2v) is 6.57. The average molecular weight is 352 g/mol. The van der Waals surface area contributed by atoms with Crippen molar-refractivity contribution in [1.82, 2.24) is 4.90 Å². The maximum Gasteiger partial charge on any atom is 0.387 e. The van der Waals surface area contributed by atoms with Crippen molar-refractivity contribution in [2.45, 2.75) is 25.5 Å². The number of amides is 1. The lowest BCUT2D eigenvalue weighted by atomic mass is 10.2. The summed E-state index contributed by atoms with van der Waals surface area (Å²) in [6, 6.07) is 10.4. The van der Waals surface area contributed by atoms with Crippen LogP contribution in [0.25, 0.3) is 0 Å². The number of benzene rings is 1. The summed E-state index contributed by atoms with van der Waals surface area (Å²) in [6.45, 7) is -1.63. The van der Waals surface area contributed by atoms with Gasteiger partial charge in [0.25, 0.3) is 0 Å². The Morgan fingerprint density at radius 1 is 1.33 bits per heavy atom. The molecule has 24 heavy (non-hydrogen) atoms. The number of rotatable bonds is 6. The molecule has 0 aliphatic carbocycles. The Labute approximate surface area is 143 Å².